The van der Waals surface area contributed by atoms with E-state index in [2.05, 4.69) is 42.6 Å². The number of nitrogens with zero attached hydrogens (tertiary/aromatic N) is 2. The minimum atomic E-state index is -0.925. The molecule has 1 saturated carbocycles. The van der Waals surface area contributed by atoms with Gasteiger partial charge in [0.15, 0.2) is 0 Å². The largest absolute Gasteiger partial charge is 0.493 e. The Balaban J connectivity index is 1.17. The number of carboxylic acid groups (broad SMARTS) is 1. The van der Waals surface area contributed by atoms with Crippen LogP contribution in [0, 0.1) is 0 Å². The third kappa shape index (κ3) is 5.85. The lowest BCUT2D eigenvalue weighted by atomic mass is 9.77. The maximum Gasteiger partial charge on any atom is 0.335 e. The number of benzene rings is 1. The highest BCUT2D eigenvalue weighted by molar-refractivity contribution is 5.91. The smallest absolute Gasteiger partial charge is 0.335 e. The fraction of sp³-hybridized carbons (Fsp3) is 0.548. The van der Waals surface area contributed by atoms with Crippen molar-refractivity contribution in [3.8, 4) is 5.75 Å². The summed E-state index contributed by atoms with van der Waals surface area (Å²) >= 11 is 0. The number of aliphatic carboxylic acids is 1. The second-order valence-corrected chi connectivity index (χ2v) is 11.8. The summed E-state index contributed by atoms with van der Waals surface area (Å²) in [5.74, 6) is 0.920. The summed E-state index contributed by atoms with van der Waals surface area (Å²) in [5, 5.41) is 13.7. The maximum absolute atomic E-state index is 11.4. The van der Waals surface area contributed by atoms with E-state index in [0.717, 1.165) is 57.6 Å². The van der Waals surface area contributed by atoms with Gasteiger partial charge in [0.25, 0.3) is 0 Å². The number of rotatable bonds is 9. The number of hydrogen-bond acceptors (Lipinski definition) is 5. The number of carboxylic acids is 1. The average Bonchev–Trinajstić information content (AvgIpc) is 3.64. The molecule has 4 aliphatic rings. The molecule has 2 fully saturated rings. The maximum atomic E-state index is 11.4. The van der Waals surface area contributed by atoms with Crippen molar-refractivity contribution in [2.24, 2.45) is 5.16 Å². The number of oxime groups is 1. The van der Waals surface area contributed by atoms with Crippen LogP contribution in [0.3, 0.4) is 0 Å². The Morgan fingerprint density at radius 2 is 2.03 bits per heavy atom. The van der Waals surface area contributed by atoms with Gasteiger partial charge in [0.1, 0.15) is 11.4 Å². The predicted molar refractivity (Wildman–Crippen MR) is 146 cm³/mol. The molecule has 3 heterocycles. The van der Waals surface area contributed by atoms with Gasteiger partial charge in [0.05, 0.1) is 17.9 Å². The van der Waals surface area contributed by atoms with Crippen LogP contribution in [0.4, 0.5) is 0 Å². The van der Waals surface area contributed by atoms with Gasteiger partial charge in [-0.3, -0.25) is 4.90 Å². The van der Waals surface area contributed by atoms with E-state index in [-0.39, 0.29) is 16.6 Å². The number of fused-ring (bicyclic) bond motifs is 1. The average molecular weight is 505 g/mol. The molecule has 0 atom stereocenters. The minimum absolute atomic E-state index is 0.158. The van der Waals surface area contributed by atoms with Crippen LogP contribution in [0.15, 0.2) is 53.7 Å². The molecule has 0 amide bonds. The third-order valence-corrected chi connectivity index (χ3v) is 8.37. The lowest BCUT2D eigenvalue weighted by Crippen LogP contribution is -2.44. The van der Waals surface area contributed by atoms with Crippen molar-refractivity contribution >= 4 is 11.7 Å². The molecule has 3 aliphatic heterocycles. The van der Waals surface area contributed by atoms with Gasteiger partial charge >= 0.3 is 5.97 Å². The zero-order chi connectivity index (χ0) is 26.0. The number of piperidine rings is 1. The van der Waals surface area contributed by atoms with Crippen LogP contribution in [0.1, 0.15) is 87.8 Å². The predicted octanol–water partition coefficient (Wildman–Crippen LogP) is 6.27. The molecule has 0 bridgehead atoms. The Bertz CT molecular complexity index is 1130. The molecule has 5 rings (SSSR count). The van der Waals surface area contributed by atoms with E-state index in [1.807, 2.05) is 6.08 Å². The minimum Gasteiger partial charge on any atom is -0.493 e. The van der Waals surface area contributed by atoms with Gasteiger partial charge in [-0.05, 0) is 48.1 Å². The van der Waals surface area contributed by atoms with E-state index in [9.17, 15) is 9.90 Å². The molecule has 1 aromatic rings. The van der Waals surface area contributed by atoms with Crippen molar-refractivity contribution in [1.29, 1.82) is 0 Å². The normalized spacial score (nSPS) is 22.9. The van der Waals surface area contributed by atoms with Crippen molar-refractivity contribution in [3.63, 3.8) is 0 Å². The summed E-state index contributed by atoms with van der Waals surface area (Å²) in [4.78, 5) is 19.9. The summed E-state index contributed by atoms with van der Waals surface area (Å²) in [7, 11) is 0. The van der Waals surface area contributed by atoms with Crippen molar-refractivity contribution in [3.05, 3.63) is 65.3 Å². The third-order valence-electron chi connectivity index (χ3n) is 8.37. The van der Waals surface area contributed by atoms with Crippen molar-refractivity contribution in [2.45, 2.75) is 88.7 Å². The summed E-state index contributed by atoms with van der Waals surface area (Å²) in [5.41, 5.74) is 5.45. The molecular formula is C31H40N2O4. The first-order valence-corrected chi connectivity index (χ1v) is 13.8. The SMILES string of the molecule is C=CCC=C(C=CCC1=NOC2(CCN(Cc3cc(C4CC4)c4c(c3)C(C)(C)CCO4)CC2)C1)C(=O)O. The topological polar surface area (TPSA) is 71.4 Å². The lowest BCUT2D eigenvalue weighted by molar-refractivity contribution is -0.132. The molecular weight excluding hydrogens is 464 g/mol. The number of hydrogen-bond donors (Lipinski definition) is 1. The van der Waals surface area contributed by atoms with Crippen molar-refractivity contribution < 1.29 is 19.5 Å². The standard InChI is InChI=1S/C31H40N2O4/c1-4-5-7-24(29(34)35)8-6-9-25-20-31(37-32-25)12-15-33(16-13-31)21-22-18-26(23-10-11-23)28-27(19-22)30(2,3)14-17-36-28/h4,6-8,18-19,23H,1,5,9-17,20-21H2,2-3H3,(H,34,35). The van der Waals surface area contributed by atoms with Crippen LogP contribution in [0.2, 0.25) is 0 Å². The molecule has 0 radical (unpaired) electrons. The van der Waals surface area contributed by atoms with Crippen molar-refractivity contribution in [1.82, 2.24) is 4.90 Å². The van der Waals surface area contributed by atoms with Gasteiger partial charge in [0, 0.05) is 50.9 Å². The van der Waals surface area contributed by atoms with Gasteiger partial charge in [-0.25, -0.2) is 4.79 Å². The summed E-state index contributed by atoms with van der Waals surface area (Å²) in [6.45, 7) is 12.1. The first-order valence-electron chi connectivity index (χ1n) is 13.8. The Morgan fingerprint density at radius 3 is 2.73 bits per heavy atom. The highest BCUT2D eigenvalue weighted by Gasteiger charge is 2.42. The molecule has 1 aliphatic carbocycles. The highest BCUT2D eigenvalue weighted by Crippen LogP contribution is 2.50. The molecule has 37 heavy (non-hydrogen) atoms. The van der Waals surface area contributed by atoms with Crippen LogP contribution in [0.5, 0.6) is 5.75 Å². The molecule has 1 saturated heterocycles. The molecule has 1 N–H and O–H groups in total. The highest BCUT2D eigenvalue weighted by atomic mass is 16.7. The van der Waals surface area contributed by atoms with E-state index >= 15 is 0 Å². The summed E-state index contributed by atoms with van der Waals surface area (Å²) in [6, 6.07) is 4.82. The molecule has 198 valence electrons. The van der Waals surface area contributed by atoms with Crippen LogP contribution >= 0.6 is 0 Å². The van der Waals surface area contributed by atoms with E-state index in [4.69, 9.17) is 9.57 Å². The van der Waals surface area contributed by atoms with Crippen LogP contribution in [0.25, 0.3) is 0 Å². The zero-order valence-electron chi connectivity index (χ0n) is 22.3. The number of ether oxygens (including phenoxy) is 1. The molecule has 6 heteroatoms. The van der Waals surface area contributed by atoms with E-state index in [1.54, 1.807) is 18.2 Å². The first kappa shape index (κ1) is 25.8. The molecule has 0 aromatic heterocycles. The van der Waals surface area contributed by atoms with Gasteiger partial charge in [-0.1, -0.05) is 55.4 Å². The van der Waals surface area contributed by atoms with Crippen LogP contribution in [-0.4, -0.2) is 47.0 Å². The lowest BCUT2D eigenvalue weighted by Gasteiger charge is -2.38. The fourth-order valence-corrected chi connectivity index (χ4v) is 5.82. The molecule has 0 unspecified atom stereocenters. The molecule has 6 nitrogen and oxygen atoms in total. The van der Waals surface area contributed by atoms with Crippen LogP contribution in [-0.2, 0) is 21.6 Å². The van der Waals surface area contributed by atoms with E-state index in [0.29, 0.717) is 18.8 Å². The van der Waals surface area contributed by atoms with Gasteiger partial charge in [-0.2, -0.15) is 0 Å². The van der Waals surface area contributed by atoms with Gasteiger partial charge in [0.2, 0.25) is 0 Å². The quantitative estimate of drug-likeness (QED) is 0.244. The number of carbonyl (C=O) groups is 1. The first-order chi connectivity index (χ1) is 17.8. The van der Waals surface area contributed by atoms with Crippen LogP contribution < -0.4 is 4.74 Å². The van der Waals surface area contributed by atoms with Gasteiger partial charge in [-0.15, -0.1) is 6.58 Å². The van der Waals surface area contributed by atoms with E-state index in [1.165, 1.54) is 35.3 Å². The summed E-state index contributed by atoms with van der Waals surface area (Å²) < 4.78 is 6.20. The number of likely N-dealkylation sites (tertiary alicyclic amines) is 1. The zero-order valence-corrected chi connectivity index (χ0v) is 22.3. The Morgan fingerprint density at radius 1 is 1.24 bits per heavy atom. The Kier molecular flexibility index (Phi) is 7.30. The summed E-state index contributed by atoms with van der Waals surface area (Å²) in [6.07, 6.45) is 14.4. The second-order valence-electron chi connectivity index (χ2n) is 11.8. The number of allylic oxidation sites excluding steroid dienone is 3. The van der Waals surface area contributed by atoms with E-state index < -0.39 is 5.97 Å². The monoisotopic (exact) mass is 504 g/mol. The molecule has 1 aromatic carbocycles. The molecule has 1 spiro atoms. The Hall–Kier alpha value is -2.86. The second kappa shape index (κ2) is 10.5. The Labute approximate surface area is 220 Å². The van der Waals surface area contributed by atoms with Gasteiger partial charge < -0.3 is 14.7 Å². The fourth-order valence-electron chi connectivity index (χ4n) is 5.82. The van der Waals surface area contributed by atoms with Crippen molar-refractivity contribution in [2.75, 3.05) is 19.7 Å².